The van der Waals surface area contributed by atoms with Crippen molar-refractivity contribution in [3.05, 3.63) is 42.4 Å². The maximum Gasteiger partial charge on any atom is 0.406 e. The summed E-state index contributed by atoms with van der Waals surface area (Å²) in [5.41, 5.74) is -1.32. The van der Waals surface area contributed by atoms with Crippen molar-refractivity contribution in [1.82, 2.24) is 0 Å². The van der Waals surface area contributed by atoms with Crippen LogP contribution in [0.4, 0.5) is 32.0 Å². The van der Waals surface area contributed by atoms with Crippen LogP contribution in [-0.2, 0) is 9.47 Å². The predicted octanol–water partition coefficient (Wildman–Crippen LogP) is 5.41. The summed E-state index contributed by atoms with van der Waals surface area (Å²) in [6.07, 6.45) is -10.6. The van der Waals surface area contributed by atoms with Crippen molar-refractivity contribution >= 4 is 11.4 Å². The Morgan fingerprint density at radius 3 is 1.84 bits per heavy atom. The summed E-state index contributed by atoms with van der Waals surface area (Å²) in [5, 5.41) is 0. The quantitative estimate of drug-likeness (QED) is 0.365. The van der Waals surface area contributed by atoms with Crippen molar-refractivity contribution in [3.8, 4) is 0 Å². The lowest BCUT2D eigenvalue weighted by molar-refractivity contribution is -0.260. The summed E-state index contributed by atoms with van der Waals surface area (Å²) in [6, 6.07) is 7.04. The number of allylic oxidation sites excluding steroid dienone is 1. The smallest absolute Gasteiger partial charge is 0.406 e. The molecule has 0 aliphatic rings. The predicted molar refractivity (Wildman–Crippen MR) is 80.5 cm³/mol. The molecule has 0 aliphatic carbocycles. The number of aliphatic imine (C=N–C) groups is 1. The zero-order chi connectivity index (χ0) is 19.1. The van der Waals surface area contributed by atoms with Crippen molar-refractivity contribution in [2.75, 3.05) is 13.2 Å². The molecule has 0 aromatic heterocycles. The monoisotopic (exact) mass is 369 g/mol. The van der Waals surface area contributed by atoms with Gasteiger partial charge in [0.25, 0.3) is 5.95 Å². The third-order valence-corrected chi connectivity index (χ3v) is 2.80. The first-order valence-electron chi connectivity index (χ1n) is 7.33. The van der Waals surface area contributed by atoms with Crippen LogP contribution in [0.2, 0.25) is 0 Å². The second kappa shape index (κ2) is 8.77. The molecule has 0 atom stereocenters. The lowest BCUT2D eigenvalue weighted by atomic mass is 10.0. The van der Waals surface area contributed by atoms with Gasteiger partial charge in [-0.2, -0.15) is 26.3 Å². The standard InChI is InChI=1S/C16H17F6NO2/c1-3-24-13(25-4-2)10-12(23-11-8-6-5-7-9-11)14(15(17,18)19)16(20,21)22/h5-10,14H,3-4H2,1-2H3. The molecule has 0 amide bonds. The van der Waals surface area contributed by atoms with Crippen molar-refractivity contribution < 1.29 is 35.8 Å². The number of hydrogen-bond donors (Lipinski definition) is 0. The van der Waals surface area contributed by atoms with Crippen LogP contribution in [0.1, 0.15) is 13.8 Å². The van der Waals surface area contributed by atoms with E-state index in [-0.39, 0.29) is 18.9 Å². The van der Waals surface area contributed by atoms with Gasteiger partial charge in [-0.05, 0) is 26.0 Å². The van der Waals surface area contributed by atoms with Crippen molar-refractivity contribution in [2.24, 2.45) is 10.9 Å². The van der Waals surface area contributed by atoms with E-state index in [0.29, 0.717) is 6.08 Å². The van der Waals surface area contributed by atoms with E-state index in [2.05, 4.69) is 4.99 Å². The third-order valence-electron chi connectivity index (χ3n) is 2.80. The van der Waals surface area contributed by atoms with Crippen LogP contribution in [0.25, 0.3) is 0 Å². The lowest BCUT2D eigenvalue weighted by Crippen LogP contribution is -2.42. The van der Waals surface area contributed by atoms with Gasteiger partial charge in [-0.15, -0.1) is 0 Å². The third kappa shape index (κ3) is 6.67. The average molecular weight is 369 g/mol. The summed E-state index contributed by atoms with van der Waals surface area (Å²) in [4.78, 5) is 3.54. The van der Waals surface area contributed by atoms with Gasteiger partial charge < -0.3 is 9.47 Å². The summed E-state index contributed by atoms with van der Waals surface area (Å²) in [6.45, 7) is 3.05. The van der Waals surface area contributed by atoms with E-state index in [1.807, 2.05) is 0 Å². The molecule has 140 valence electrons. The van der Waals surface area contributed by atoms with Gasteiger partial charge in [-0.3, -0.25) is 4.99 Å². The van der Waals surface area contributed by atoms with Gasteiger partial charge in [0.1, 0.15) is 0 Å². The van der Waals surface area contributed by atoms with E-state index in [1.165, 1.54) is 38.1 Å². The number of nitrogens with zero attached hydrogens (tertiary/aromatic N) is 1. The van der Waals surface area contributed by atoms with Crippen molar-refractivity contribution in [2.45, 2.75) is 26.2 Å². The number of para-hydroxylation sites is 1. The van der Waals surface area contributed by atoms with Gasteiger partial charge >= 0.3 is 12.4 Å². The number of alkyl halides is 6. The summed E-state index contributed by atoms with van der Waals surface area (Å²) >= 11 is 0. The van der Waals surface area contributed by atoms with Crippen molar-refractivity contribution in [3.63, 3.8) is 0 Å². The Kier molecular flexibility index (Phi) is 7.32. The highest BCUT2D eigenvalue weighted by molar-refractivity contribution is 5.99. The molecule has 0 N–H and O–H groups in total. The molecule has 1 aromatic rings. The van der Waals surface area contributed by atoms with E-state index >= 15 is 0 Å². The largest absolute Gasteiger partial charge is 0.466 e. The molecule has 0 spiro atoms. The van der Waals surface area contributed by atoms with Crippen LogP contribution in [0, 0.1) is 5.92 Å². The molecule has 0 bridgehead atoms. The van der Waals surface area contributed by atoms with Crippen molar-refractivity contribution in [1.29, 1.82) is 0 Å². The molecule has 3 nitrogen and oxygen atoms in total. The highest BCUT2D eigenvalue weighted by Gasteiger charge is 2.59. The molecule has 0 saturated heterocycles. The average Bonchev–Trinajstić information content (AvgIpc) is 2.45. The second-order valence-electron chi connectivity index (χ2n) is 4.72. The molecule has 25 heavy (non-hydrogen) atoms. The van der Waals surface area contributed by atoms with Gasteiger partial charge in [-0.25, -0.2) is 0 Å². The van der Waals surface area contributed by atoms with Crippen LogP contribution >= 0.6 is 0 Å². The zero-order valence-electron chi connectivity index (χ0n) is 13.5. The molecule has 1 aromatic carbocycles. The summed E-state index contributed by atoms with van der Waals surface area (Å²) in [5.74, 6) is -4.23. The zero-order valence-corrected chi connectivity index (χ0v) is 13.5. The topological polar surface area (TPSA) is 30.8 Å². The highest BCUT2D eigenvalue weighted by Crippen LogP contribution is 2.41. The molecular weight excluding hydrogens is 352 g/mol. The molecule has 0 heterocycles. The Labute approximate surface area is 141 Å². The summed E-state index contributed by atoms with van der Waals surface area (Å²) < 4.78 is 88.4. The second-order valence-corrected chi connectivity index (χ2v) is 4.72. The highest BCUT2D eigenvalue weighted by atomic mass is 19.4. The summed E-state index contributed by atoms with van der Waals surface area (Å²) in [7, 11) is 0. The van der Waals surface area contributed by atoms with Crippen LogP contribution in [0.3, 0.4) is 0 Å². The Morgan fingerprint density at radius 1 is 0.960 bits per heavy atom. The maximum atomic E-state index is 13.1. The number of halogens is 6. The minimum atomic E-state index is -5.58. The Morgan fingerprint density at radius 2 is 1.44 bits per heavy atom. The molecule has 0 saturated carbocycles. The maximum absolute atomic E-state index is 13.1. The minimum absolute atomic E-state index is 0.00710. The first kappa shape index (κ1) is 20.9. The molecule has 9 heteroatoms. The molecular formula is C16H17F6NO2. The molecule has 0 aliphatic heterocycles. The SMILES string of the molecule is CCOC(=CC(=Nc1ccccc1)C(C(F)(F)F)C(F)(F)F)OCC. The number of ether oxygens (including phenoxy) is 2. The molecule has 1 rings (SSSR count). The molecule has 0 unspecified atom stereocenters. The van der Waals surface area contributed by atoms with Gasteiger partial charge in [0.2, 0.25) is 0 Å². The number of hydrogen-bond acceptors (Lipinski definition) is 3. The molecule has 0 fully saturated rings. The fourth-order valence-corrected chi connectivity index (χ4v) is 1.88. The minimum Gasteiger partial charge on any atom is -0.466 e. The van der Waals surface area contributed by atoms with E-state index in [1.54, 1.807) is 6.07 Å². The van der Waals surface area contributed by atoms with Crippen LogP contribution < -0.4 is 0 Å². The van der Waals surface area contributed by atoms with E-state index in [4.69, 9.17) is 9.47 Å². The Balaban J connectivity index is 3.50. The van der Waals surface area contributed by atoms with E-state index in [9.17, 15) is 26.3 Å². The number of rotatable bonds is 7. The normalized spacial score (nSPS) is 12.9. The van der Waals surface area contributed by atoms with Crippen LogP contribution in [0.5, 0.6) is 0 Å². The van der Waals surface area contributed by atoms with Gasteiger partial charge in [0.05, 0.1) is 24.6 Å². The first-order chi connectivity index (χ1) is 11.6. The first-order valence-corrected chi connectivity index (χ1v) is 7.33. The number of benzene rings is 1. The van der Waals surface area contributed by atoms with E-state index in [0.717, 1.165) is 0 Å². The van der Waals surface area contributed by atoms with Crippen LogP contribution in [0.15, 0.2) is 47.3 Å². The Bertz CT molecular complexity index is 571. The van der Waals surface area contributed by atoms with Gasteiger partial charge in [0.15, 0.2) is 5.92 Å². The van der Waals surface area contributed by atoms with Crippen LogP contribution in [-0.4, -0.2) is 31.3 Å². The van der Waals surface area contributed by atoms with Gasteiger partial charge in [-0.1, -0.05) is 18.2 Å². The fraction of sp³-hybridized carbons (Fsp3) is 0.438. The Hall–Kier alpha value is -2.19. The fourth-order valence-electron chi connectivity index (χ4n) is 1.88. The lowest BCUT2D eigenvalue weighted by Gasteiger charge is -2.23. The molecule has 0 radical (unpaired) electrons. The van der Waals surface area contributed by atoms with Gasteiger partial charge in [0, 0.05) is 6.08 Å². The van der Waals surface area contributed by atoms with E-state index < -0.39 is 29.9 Å².